The first kappa shape index (κ1) is 19.4. The Hall–Kier alpha value is -2.93. The summed E-state index contributed by atoms with van der Waals surface area (Å²) >= 11 is 0. The highest BCUT2D eigenvalue weighted by atomic mass is 16.5. The first-order valence-electron chi connectivity index (χ1n) is 10.1. The topological polar surface area (TPSA) is 69.5 Å². The Bertz CT molecular complexity index is 965. The normalized spacial score (nSPS) is 14.3. The van der Waals surface area contributed by atoms with Gasteiger partial charge in [-0.25, -0.2) is 9.55 Å². The molecule has 0 atom stereocenters. The highest BCUT2D eigenvalue weighted by molar-refractivity contribution is 5.92. The summed E-state index contributed by atoms with van der Waals surface area (Å²) in [7, 11) is 1.54. The minimum absolute atomic E-state index is 0.00320. The second-order valence-corrected chi connectivity index (χ2v) is 7.15. The predicted molar refractivity (Wildman–Crippen MR) is 112 cm³/mol. The van der Waals surface area contributed by atoms with E-state index in [1.54, 1.807) is 10.8 Å². The number of benzene rings is 1. The summed E-state index contributed by atoms with van der Waals surface area (Å²) in [5, 5.41) is 0. The summed E-state index contributed by atoms with van der Waals surface area (Å²) in [6.45, 7) is 2.94. The first-order chi connectivity index (χ1) is 14.3. The number of carbonyl (C=O) groups is 1. The lowest BCUT2D eigenvalue weighted by atomic mass is 10.1. The zero-order chi connectivity index (χ0) is 20.1. The monoisotopic (exact) mass is 394 g/mol. The van der Waals surface area contributed by atoms with Crippen LogP contribution in [0.4, 0.5) is 5.82 Å². The molecule has 3 heterocycles. The largest absolute Gasteiger partial charge is 0.468 e. The van der Waals surface area contributed by atoms with E-state index in [1.165, 1.54) is 12.7 Å². The van der Waals surface area contributed by atoms with Gasteiger partial charge < -0.3 is 14.4 Å². The highest BCUT2D eigenvalue weighted by Gasteiger charge is 2.20. The number of hydrogen-bond donors (Lipinski definition) is 0. The Morgan fingerprint density at radius 1 is 1.17 bits per heavy atom. The molecule has 0 saturated carbocycles. The van der Waals surface area contributed by atoms with Gasteiger partial charge in [0.05, 0.1) is 32.0 Å². The van der Waals surface area contributed by atoms with E-state index in [1.807, 2.05) is 24.3 Å². The van der Waals surface area contributed by atoms with Crippen molar-refractivity contribution in [3.8, 4) is 6.01 Å². The molecule has 0 amide bonds. The van der Waals surface area contributed by atoms with Crippen molar-refractivity contribution in [2.75, 3.05) is 38.3 Å². The summed E-state index contributed by atoms with van der Waals surface area (Å²) in [6, 6.07) is 12.6. The molecule has 29 heavy (non-hydrogen) atoms. The summed E-state index contributed by atoms with van der Waals surface area (Å²) in [5.74, 6) is 0.831. The Balaban J connectivity index is 1.49. The first-order valence-corrected chi connectivity index (χ1v) is 10.1. The zero-order valence-corrected chi connectivity index (χ0v) is 16.7. The molecule has 0 spiro atoms. The molecule has 1 aliphatic rings. The average molecular weight is 394 g/mol. The van der Waals surface area contributed by atoms with Gasteiger partial charge in [-0.15, -0.1) is 0 Å². The van der Waals surface area contributed by atoms with E-state index < -0.39 is 0 Å². The van der Waals surface area contributed by atoms with E-state index in [-0.39, 0.29) is 5.91 Å². The third-order valence-electron chi connectivity index (χ3n) is 5.21. The predicted octanol–water partition coefficient (Wildman–Crippen LogP) is 3.33. The standard InChI is InChI=1S/C22H26N4O3/c1-28-22-24-18-16-23-20(25-11-13-29-14-12-25)15-19(18)26(22)21(27)10-6-5-9-17-7-3-2-4-8-17/h2-4,7-8,15-16H,5-6,9-14H2,1H3. The fourth-order valence-corrected chi connectivity index (χ4v) is 3.65. The quantitative estimate of drug-likeness (QED) is 0.573. The number of nitrogens with zero attached hydrogens (tertiary/aromatic N) is 4. The van der Waals surface area contributed by atoms with Crippen LogP contribution in [0.3, 0.4) is 0 Å². The van der Waals surface area contributed by atoms with Crippen LogP contribution in [0.2, 0.25) is 0 Å². The van der Waals surface area contributed by atoms with E-state index in [4.69, 9.17) is 9.47 Å². The molecule has 0 unspecified atom stereocenters. The van der Waals surface area contributed by atoms with Crippen LogP contribution in [0.1, 0.15) is 29.6 Å². The van der Waals surface area contributed by atoms with Crippen molar-refractivity contribution in [3.05, 3.63) is 48.2 Å². The number of pyridine rings is 1. The Morgan fingerprint density at radius 3 is 2.72 bits per heavy atom. The van der Waals surface area contributed by atoms with Crippen molar-refractivity contribution >= 4 is 22.8 Å². The van der Waals surface area contributed by atoms with Gasteiger partial charge in [-0.2, -0.15) is 4.98 Å². The van der Waals surface area contributed by atoms with E-state index in [2.05, 4.69) is 27.0 Å². The minimum atomic E-state index is -0.00320. The lowest BCUT2D eigenvalue weighted by molar-refractivity contribution is 0.0893. The average Bonchev–Trinajstić information content (AvgIpc) is 3.16. The molecule has 2 aromatic heterocycles. The number of fused-ring (bicyclic) bond motifs is 1. The number of unbranched alkanes of at least 4 members (excludes halogenated alkanes) is 1. The number of ether oxygens (including phenoxy) is 2. The van der Waals surface area contributed by atoms with Crippen molar-refractivity contribution < 1.29 is 14.3 Å². The number of aromatic nitrogens is 3. The molecule has 0 aliphatic carbocycles. The summed E-state index contributed by atoms with van der Waals surface area (Å²) in [4.78, 5) is 24.1. The number of aryl methyl sites for hydroxylation is 1. The van der Waals surface area contributed by atoms with Gasteiger partial charge >= 0.3 is 6.01 Å². The fraction of sp³-hybridized carbons (Fsp3) is 0.409. The number of hydrogen-bond acceptors (Lipinski definition) is 6. The van der Waals surface area contributed by atoms with Gasteiger partial charge in [-0.3, -0.25) is 4.79 Å². The molecule has 1 saturated heterocycles. The lowest BCUT2D eigenvalue weighted by Crippen LogP contribution is -2.36. The highest BCUT2D eigenvalue weighted by Crippen LogP contribution is 2.25. The Kier molecular flexibility index (Phi) is 6.05. The van der Waals surface area contributed by atoms with Gasteiger partial charge in [-0.1, -0.05) is 30.3 Å². The number of carbonyl (C=O) groups excluding carboxylic acids is 1. The van der Waals surface area contributed by atoms with Gasteiger partial charge in [0.15, 0.2) is 0 Å². The van der Waals surface area contributed by atoms with Crippen LogP contribution in [0.5, 0.6) is 6.01 Å². The SMILES string of the molecule is COc1nc2cnc(N3CCOCC3)cc2n1C(=O)CCCCc1ccccc1. The maximum Gasteiger partial charge on any atom is 0.304 e. The smallest absolute Gasteiger partial charge is 0.304 e. The molecule has 0 radical (unpaired) electrons. The van der Waals surface area contributed by atoms with Crippen molar-refractivity contribution in [2.24, 2.45) is 0 Å². The molecular formula is C22H26N4O3. The number of methoxy groups -OCH3 is 1. The number of imidazole rings is 1. The molecule has 152 valence electrons. The van der Waals surface area contributed by atoms with Crippen LogP contribution in [-0.4, -0.2) is 53.9 Å². The molecule has 3 aromatic rings. The second kappa shape index (κ2) is 9.05. The molecule has 0 N–H and O–H groups in total. The van der Waals surface area contributed by atoms with Crippen LogP contribution in [-0.2, 0) is 11.2 Å². The third kappa shape index (κ3) is 4.40. The lowest BCUT2D eigenvalue weighted by Gasteiger charge is -2.27. The van der Waals surface area contributed by atoms with Gasteiger partial charge in [0.2, 0.25) is 5.91 Å². The molecule has 7 heteroatoms. The minimum Gasteiger partial charge on any atom is -0.468 e. The summed E-state index contributed by atoms with van der Waals surface area (Å²) in [6.07, 6.45) is 4.91. The molecule has 0 bridgehead atoms. The fourth-order valence-electron chi connectivity index (χ4n) is 3.65. The van der Waals surface area contributed by atoms with Crippen molar-refractivity contribution in [1.29, 1.82) is 0 Å². The summed E-state index contributed by atoms with van der Waals surface area (Å²) in [5.41, 5.74) is 2.70. The van der Waals surface area contributed by atoms with E-state index in [0.717, 1.165) is 43.7 Å². The Labute approximate surface area is 170 Å². The van der Waals surface area contributed by atoms with E-state index >= 15 is 0 Å². The summed E-state index contributed by atoms with van der Waals surface area (Å²) < 4.78 is 12.4. The van der Waals surface area contributed by atoms with Crippen LogP contribution in [0.15, 0.2) is 42.6 Å². The van der Waals surface area contributed by atoms with Crippen LogP contribution < -0.4 is 9.64 Å². The van der Waals surface area contributed by atoms with Gasteiger partial charge in [0.25, 0.3) is 0 Å². The molecule has 1 aromatic carbocycles. The van der Waals surface area contributed by atoms with Crippen molar-refractivity contribution in [1.82, 2.24) is 14.5 Å². The third-order valence-corrected chi connectivity index (χ3v) is 5.21. The second-order valence-electron chi connectivity index (χ2n) is 7.15. The maximum absolute atomic E-state index is 13.0. The van der Waals surface area contributed by atoms with Crippen molar-refractivity contribution in [3.63, 3.8) is 0 Å². The number of morpholine rings is 1. The molecular weight excluding hydrogens is 368 g/mol. The molecule has 7 nitrogen and oxygen atoms in total. The zero-order valence-electron chi connectivity index (χ0n) is 16.7. The Morgan fingerprint density at radius 2 is 1.97 bits per heavy atom. The van der Waals surface area contributed by atoms with E-state index in [0.29, 0.717) is 31.2 Å². The molecule has 1 fully saturated rings. The van der Waals surface area contributed by atoms with Gasteiger partial charge in [0.1, 0.15) is 11.3 Å². The van der Waals surface area contributed by atoms with Crippen LogP contribution in [0, 0.1) is 0 Å². The van der Waals surface area contributed by atoms with Crippen LogP contribution >= 0.6 is 0 Å². The van der Waals surface area contributed by atoms with Gasteiger partial charge in [-0.05, 0) is 24.8 Å². The van der Waals surface area contributed by atoms with E-state index in [9.17, 15) is 4.79 Å². The molecule has 1 aliphatic heterocycles. The van der Waals surface area contributed by atoms with Crippen LogP contribution in [0.25, 0.3) is 11.0 Å². The maximum atomic E-state index is 13.0. The number of anilines is 1. The van der Waals surface area contributed by atoms with Gasteiger partial charge in [0, 0.05) is 25.6 Å². The number of rotatable bonds is 7. The van der Waals surface area contributed by atoms with Crippen molar-refractivity contribution in [2.45, 2.75) is 25.7 Å². The molecule has 4 rings (SSSR count).